The van der Waals surface area contributed by atoms with Crippen LogP contribution in [0.3, 0.4) is 0 Å². The molecule has 110 valence electrons. The Morgan fingerprint density at radius 1 is 1.20 bits per heavy atom. The molecule has 0 aliphatic heterocycles. The molecule has 0 saturated heterocycles. The van der Waals surface area contributed by atoms with Gasteiger partial charge in [0.1, 0.15) is 0 Å². The third-order valence-electron chi connectivity index (χ3n) is 3.92. The first-order chi connectivity index (χ1) is 9.63. The zero-order valence-electron chi connectivity index (χ0n) is 11.7. The molecule has 0 heterocycles. The summed E-state index contributed by atoms with van der Waals surface area (Å²) in [6, 6.07) is 7.51. The molecule has 0 aromatic heterocycles. The summed E-state index contributed by atoms with van der Waals surface area (Å²) in [7, 11) is 0. The van der Waals surface area contributed by atoms with Crippen molar-refractivity contribution in [1.82, 2.24) is 5.32 Å². The third-order valence-corrected chi connectivity index (χ3v) is 3.92. The zero-order chi connectivity index (χ0) is 14.4. The van der Waals surface area contributed by atoms with E-state index in [1.54, 1.807) is 0 Å². The summed E-state index contributed by atoms with van der Waals surface area (Å²) in [6.07, 6.45) is 5.25. The van der Waals surface area contributed by atoms with E-state index in [9.17, 15) is 5.11 Å². The molecule has 5 nitrogen and oxygen atoms in total. The van der Waals surface area contributed by atoms with E-state index in [4.69, 9.17) is 10.9 Å². The maximum atomic E-state index is 10.4. The Morgan fingerprint density at radius 2 is 1.85 bits per heavy atom. The first-order valence-electron chi connectivity index (χ1n) is 7.13. The van der Waals surface area contributed by atoms with Crippen molar-refractivity contribution in [2.45, 2.75) is 44.2 Å². The second-order valence-corrected chi connectivity index (χ2v) is 5.57. The lowest BCUT2D eigenvalue weighted by Crippen LogP contribution is -2.41. The predicted octanol–water partition coefficient (Wildman–Crippen LogP) is 1.57. The van der Waals surface area contributed by atoms with E-state index in [1.165, 1.54) is 6.42 Å². The fraction of sp³-hybridized carbons (Fsp3) is 0.533. The predicted molar refractivity (Wildman–Crippen MR) is 78.7 cm³/mol. The molecule has 0 bridgehead atoms. The van der Waals surface area contributed by atoms with Crippen LogP contribution in [0.5, 0.6) is 0 Å². The van der Waals surface area contributed by atoms with Crippen LogP contribution in [0.25, 0.3) is 0 Å². The number of nitrogens with zero attached hydrogens (tertiary/aromatic N) is 1. The van der Waals surface area contributed by atoms with Gasteiger partial charge in [0.2, 0.25) is 0 Å². The zero-order valence-corrected chi connectivity index (χ0v) is 11.7. The molecule has 0 amide bonds. The van der Waals surface area contributed by atoms with Crippen LogP contribution >= 0.6 is 0 Å². The number of amidine groups is 1. The Kier molecular flexibility index (Phi) is 4.98. The van der Waals surface area contributed by atoms with Crippen molar-refractivity contribution < 1.29 is 10.3 Å². The third kappa shape index (κ3) is 3.95. The molecule has 20 heavy (non-hydrogen) atoms. The maximum Gasteiger partial charge on any atom is 0.170 e. The summed E-state index contributed by atoms with van der Waals surface area (Å²) in [6.45, 7) is 1.34. The van der Waals surface area contributed by atoms with Gasteiger partial charge in [-0.15, -0.1) is 0 Å². The van der Waals surface area contributed by atoms with E-state index >= 15 is 0 Å². The van der Waals surface area contributed by atoms with Crippen LogP contribution in [0.15, 0.2) is 29.4 Å². The van der Waals surface area contributed by atoms with Crippen molar-refractivity contribution >= 4 is 5.84 Å². The number of oxime groups is 1. The maximum absolute atomic E-state index is 10.4. The highest BCUT2D eigenvalue weighted by Gasteiger charge is 2.28. The summed E-state index contributed by atoms with van der Waals surface area (Å²) in [5, 5.41) is 25.3. The van der Waals surface area contributed by atoms with Gasteiger partial charge in [-0.1, -0.05) is 48.7 Å². The molecule has 1 fully saturated rings. The average Bonchev–Trinajstić information content (AvgIpc) is 2.48. The lowest BCUT2D eigenvalue weighted by Gasteiger charge is -2.32. The SMILES string of the molecule is NC(=NO)c1ccc(CNCC2(O)CCCCC2)cc1. The van der Waals surface area contributed by atoms with Crippen molar-refractivity contribution in [1.29, 1.82) is 0 Å². The summed E-state index contributed by atoms with van der Waals surface area (Å²) in [4.78, 5) is 0. The van der Waals surface area contributed by atoms with Crippen LogP contribution in [0.1, 0.15) is 43.2 Å². The molecule has 1 saturated carbocycles. The summed E-state index contributed by atoms with van der Waals surface area (Å²) in [5.74, 6) is 0.112. The van der Waals surface area contributed by atoms with Gasteiger partial charge >= 0.3 is 0 Å². The largest absolute Gasteiger partial charge is 0.409 e. The molecule has 5 N–H and O–H groups in total. The highest BCUT2D eigenvalue weighted by molar-refractivity contribution is 5.96. The highest BCUT2D eigenvalue weighted by Crippen LogP contribution is 2.27. The second-order valence-electron chi connectivity index (χ2n) is 5.57. The van der Waals surface area contributed by atoms with Crippen LogP contribution in [-0.2, 0) is 6.54 Å². The lowest BCUT2D eigenvalue weighted by atomic mass is 9.85. The number of hydrogen-bond acceptors (Lipinski definition) is 4. The standard InChI is InChI=1S/C15H23N3O2/c16-14(18-20)13-6-4-12(5-7-13)10-17-11-15(19)8-2-1-3-9-15/h4-7,17,19-20H,1-3,8-11H2,(H2,16,18). The lowest BCUT2D eigenvalue weighted by molar-refractivity contribution is 0.00467. The van der Waals surface area contributed by atoms with Crippen molar-refractivity contribution in [3.05, 3.63) is 35.4 Å². The van der Waals surface area contributed by atoms with Gasteiger partial charge in [0.05, 0.1) is 5.60 Å². The topological polar surface area (TPSA) is 90.9 Å². The van der Waals surface area contributed by atoms with E-state index in [2.05, 4.69) is 10.5 Å². The molecule has 1 aromatic carbocycles. The van der Waals surface area contributed by atoms with E-state index in [1.807, 2.05) is 24.3 Å². The van der Waals surface area contributed by atoms with Gasteiger partial charge in [0.15, 0.2) is 5.84 Å². The fourth-order valence-electron chi connectivity index (χ4n) is 2.68. The van der Waals surface area contributed by atoms with Crippen LogP contribution < -0.4 is 11.1 Å². The van der Waals surface area contributed by atoms with Crippen LogP contribution in [-0.4, -0.2) is 28.3 Å². The van der Waals surface area contributed by atoms with Crippen molar-refractivity contribution in [2.75, 3.05) is 6.54 Å². The number of nitrogens with two attached hydrogens (primary N) is 1. The summed E-state index contributed by atoms with van der Waals surface area (Å²) >= 11 is 0. The average molecular weight is 277 g/mol. The molecule has 1 aliphatic carbocycles. The molecule has 0 spiro atoms. The first kappa shape index (κ1) is 14.8. The molecule has 5 heteroatoms. The quantitative estimate of drug-likeness (QED) is 0.284. The van der Waals surface area contributed by atoms with Gasteiger partial charge in [-0.3, -0.25) is 0 Å². The monoisotopic (exact) mass is 277 g/mol. The number of hydrogen-bond donors (Lipinski definition) is 4. The Bertz CT molecular complexity index is 451. The summed E-state index contributed by atoms with van der Waals surface area (Å²) < 4.78 is 0. The Labute approximate surface area is 119 Å². The van der Waals surface area contributed by atoms with Crippen LogP contribution in [0.4, 0.5) is 0 Å². The van der Waals surface area contributed by atoms with Gasteiger partial charge < -0.3 is 21.4 Å². The molecular weight excluding hydrogens is 254 g/mol. The van der Waals surface area contributed by atoms with Gasteiger partial charge in [0, 0.05) is 18.7 Å². The van der Waals surface area contributed by atoms with E-state index in [-0.39, 0.29) is 5.84 Å². The number of aliphatic hydroxyl groups is 1. The van der Waals surface area contributed by atoms with Crippen molar-refractivity contribution in [3.63, 3.8) is 0 Å². The van der Waals surface area contributed by atoms with Crippen molar-refractivity contribution in [2.24, 2.45) is 10.9 Å². The Hall–Kier alpha value is -1.59. The Balaban J connectivity index is 1.82. The van der Waals surface area contributed by atoms with E-state index in [0.29, 0.717) is 18.7 Å². The number of benzene rings is 1. The summed E-state index contributed by atoms with van der Waals surface area (Å²) in [5.41, 5.74) is 6.78. The minimum absolute atomic E-state index is 0.112. The molecule has 0 atom stereocenters. The minimum Gasteiger partial charge on any atom is -0.409 e. The Morgan fingerprint density at radius 3 is 2.45 bits per heavy atom. The first-order valence-corrected chi connectivity index (χ1v) is 7.13. The number of nitrogens with one attached hydrogen (secondary N) is 1. The van der Waals surface area contributed by atoms with Crippen LogP contribution in [0.2, 0.25) is 0 Å². The molecule has 0 unspecified atom stereocenters. The molecule has 2 rings (SSSR count). The number of rotatable bonds is 5. The van der Waals surface area contributed by atoms with Crippen molar-refractivity contribution in [3.8, 4) is 0 Å². The highest BCUT2D eigenvalue weighted by atomic mass is 16.4. The second kappa shape index (κ2) is 6.72. The smallest absolute Gasteiger partial charge is 0.170 e. The van der Waals surface area contributed by atoms with E-state index in [0.717, 1.165) is 31.2 Å². The van der Waals surface area contributed by atoms with Crippen LogP contribution in [0, 0.1) is 0 Å². The molecule has 1 aliphatic rings. The van der Waals surface area contributed by atoms with Gasteiger partial charge in [-0.05, 0) is 18.4 Å². The molecule has 0 radical (unpaired) electrons. The molecular formula is C15H23N3O2. The van der Waals surface area contributed by atoms with E-state index < -0.39 is 5.60 Å². The van der Waals surface area contributed by atoms with Gasteiger partial charge in [-0.25, -0.2) is 0 Å². The van der Waals surface area contributed by atoms with Gasteiger partial charge in [0.25, 0.3) is 0 Å². The minimum atomic E-state index is -0.536. The van der Waals surface area contributed by atoms with Gasteiger partial charge in [-0.2, -0.15) is 0 Å². The normalized spacial score (nSPS) is 18.9. The molecule has 1 aromatic rings. The fourth-order valence-corrected chi connectivity index (χ4v) is 2.68.